The SMILES string of the molecule is CCCCNC(=O)c1c2c(c[nH]c1=O)CN(C(=O)Cc1cnc3c(C)cccn13)CC2. The molecular formula is C23H27N5O3. The molecule has 0 fully saturated rings. The summed E-state index contributed by atoms with van der Waals surface area (Å²) in [7, 11) is 0. The van der Waals surface area contributed by atoms with Crippen molar-refractivity contribution in [2.75, 3.05) is 13.1 Å². The fourth-order valence-electron chi connectivity index (χ4n) is 4.09. The van der Waals surface area contributed by atoms with E-state index in [0.717, 1.165) is 40.9 Å². The highest BCUT2D eigenvalue weighted by atomic mass is 16.2. The first-order valence-electron chi connectivity index (χ1n) is 10.7. The van der Waals surface area contributed by atoms with Gasteiger partial charge in [0, 0.05) is 38.2 Å². The number of carbonyl (C=O) groups is 2. The molecule has 2 amide bonds. The number of hydrogen-bond acceptors (Lipinski definition) is 4. The fraction of sp³-hybridized carbons (Fsp3) is 0.391. The molecule has 8 nitrogen and oxygen atoms in total. The van der Waals surface area contributed by atoms with Gasteiger partial charge in [-0.3, -0.25) is 14.4 Å². The molecule has 0 spiro atoms. The Labute approximate surface area is 180 Å². The zero-order chi connectivity index (χ0) is 22.0. The lowest BCUT2D eigenvalue weighted by Crippen LogP contribution is -2.40. The lowest BCUT2D eigenvalue weighted by molar-refractivity contribution is -0.131. The Morgan fingerprint density at radius 1 is 1.32 bits per heavy atom. The van der Waals surface area contributed by atoms with Crippen molar-refractivity contribution in [3.05, 3.63) is 69.0 Å². The number of H-pyrrole nitrogens is 1. The van der Waals surface area contributed by atoms with Gasteiger partial charge in [-0.2, -0.15) is 0 Å². The largest absolute Gasteiger partial charge is 0.352 e. The molecule has 2 N–H and O–H groups in total. The number of rotatable bonds is 6. The number of unbranched alkanes of at least 4 members (excludes halogenated alkanes) is 1. The number of fused-ring (bicyclic) bond motifs is 2. The molecule has 0 bridgehead atoms. The van der Waals surface area contributed by atoms with Gasteiger partial charge in [-0.25, -0.2) is 4.98 Å². The number of aromatic amines is 1. The first-order chi connectivity index (χ1) is 15.0. The summed E-state index contributed by atoms with van der Waals surface area (Å²) in [5, 5.41) is 2.83. The van der Waals surface area contributed by atoms with Crippen molar-refractivity contribution in [1.29, 1.82) is 0 Å². The molecule has 0 radical (unpaired) electrons. The van der Waals surface area contributed by atoms with E-state index >= 15 is 0 Å². The van der Waals surface area contributed by atoms with Crippen molar-refractivity contribution >= 4 is 17.5 Å². The molecule has 1 aliphatic heterocycles. The van der Waals surface area contributed by atoms with Gasteiger partial charge in [-0.05, 0) is 42.5 Å². The van der Waals surface area contributed by atoms with Crippen LogP contribution in [0, 0.1) is 6.92 Å². The quantitative estimate of drug-likeness (QED) is 0.595. The first kappa shape index (κ1) is 20.8. The number of hydrogen-bond donors (Lipinski definition) is 2. The van der Waals surface area contributed by atoms with Crippen LogP contribution in [-0.4, -0.2) is 44.2 Å². The standard InChI is InChI=1S/C23H27N5O3/c1-3-4-8-24-22(30)20-18-7-10-27(14-16(18)12-26-23(20)31)19(29)11-17-13-25-21-15(2)6-5-9-28(17)21/h5-6,9,12-13H,3-4,7-8,10-11,14H2,1-2H3,(H,24,30)(H,26,31). The number of pyridine rings is 2. The van der Waals surface area contributed by atoms with Gasteiger partial charge < -0.3 is 19.6 Å². The molecule has 0 aromatic carbocycles. The summed E-state index contributed by atoms with van der Waals surface area (Å²) in [6.07, 6.45) is 7.83. The third-order valence-corrected chi connectivity index (χ3v) is 5.82. The van der Waals surface area contributed by atoms with Crippen molar-refractivity contribution in [3.63, 3.8) is 0 Å². The Kier molecular flexibility index (Phi) is 5.88. The van der Waals surface area contributed by atoms with Gasteiger partial charge in [-0.1, -0.05) is 19.4 Å². The lowest BCUT2D eigenvalue weighted by Gasteiger charge is -2.29. The van der Waals surface area contributed by atoms with Crippen LogP contribution < -0.4 is 10.9 Å². The average Bonchev–Trinajstić information content (AvgIpc) is 3.17. The summed E-state index contributed by atoms with van der Waals surface area (Å²) in [6, 6.07) is 3.94. The topological polar surface area (TPSA) is 99.6 Å². The molecule has 3 aromatic rings. The van der Waals surface area contributed by atoms with Gasteiger partial charge in [-0.15, -0.1) is 0 Å². The minimum atomic E-state index is -0.381. The Morgan fingerprint density at radius 2 is 2.16 bits per heavy atom. The van der Waals surface area contributed by atoms with E-state index in [4.69, 9.17) is 0 Å². The van der Waals surface area contributed by atoms with E-state index in [1.54, 1.807) is 17.3 Å². The van der Waals surface area contributed by atoms with Gasteiger partial charge in [0.1, 0.15) is 11.2 Å². The van der Waals surface area contributed by atoms with Crippen LogP contribution >= 0.6 is 0 Å². The molecule has 0 aliphatic carbocycles. The fourth-order valence-corrected chi connectivity index (χ4v) is 4.09. The maximum Gasteiger partial charge on any atom is 0.261 e. The third-order valence-electron chi connectivity index (χ3n) is 5.82. The summed E-state index contributed by atoms with van der Waals surface area (Å²) in [5.41, 5.74) is 4.10. The predicted octanol–water partition coefficient (Wildman–Crippen LogP) is 1.99. The average molecular weight is 422 g/mol. The number of imidazole rings is 1. The van der Waals surface area contributed by atoms with Gasteiger partial charge >= 0.3 is 0 Å². The minimum absolute atomic E-state index is 0.00546. The van der Waals surface area contributed by atoms with E-state index in [-0.39, 0.29) is 29.4 Å². The summed E-state index contributed by atoms with van der Waals surface area (Å²) in [4.78, 5) is 46.8. The van der Waals surface area contributed by atoms with E-state index in [9.17, 15) is 14.4 Å². The third kappa shape index (κ3) is 4.10. The van der Waals surface area contributed by atoms with Crippen LogP contribution in [0.1, 0.15) is 52.5 Å². The number of carbonyl (C=O) groups excluding carboxylic acids is 2. The second kappa shape index (κ2) is 8.75. The molecule has 0 saturated heterocycles. The number of aryl methyl sites for hydroxylation is 1. The van der Waals surface area contributed by atoms with Crippen LogP contribution in [0.15, 0.2) is 35.5 Å². The van der Waals surface area contributed by atoms with Crippen molar-refractivity contribution in [2.45, 2.75) is 46.1 Å². The normalized spacial score (nSPS) is 13.3. The maximum absolute atomic E-state index is 13.0. The number of nitrogens with one attached hydrogen (secondary N) is 2. The van der Waals surface area contributed by atoms with E-state index in [1.807, 2.05) is 36.6 Å². The number of amides is 2. The van der Waals surface area contributed by atoms with Crippen LogP contribution in [0.25, 0.3) is 5.65 Å². The van der Waals surface area contributed by atoms with Crippen LogP contribution in [0.5, 0.6) is 0 Å². The summed E-state index contributed by atoms with van der Waals surface area (Å²) in [5.74, 6) is -0.346. The second-order valence-electron chi connectivity index (χ2n) is 7.98. The van der Waals surface area contributed by atoms with Crippen molar-refractivity contribution < 1.29 is 9.59 Å². The first-order valence-corrected chi connectivity index (χ1v) is 10.7. The Morgan fingerprint density at radius 3 is 2.97 bits per heavy atom. The Balaban J connectivity index is 1.51. The summed E-state index contributed by atoms with van der Waals surface area (Å²) >= 11 is 0. The highest BCUT2D eigenvalue weighted by molar-refractivity contribution is 5.95. The van der Waals surface area contributed by atoms with Crippen molar-refractivity contribution in [2.24, 2.45) is 0 Å². The van der Waals surface area contributed by atoms with Crippen LogP contribution in [0.4, 0.5) is 0 Å². The summed E-state index contributed by atoms with van der Waals surface area (Å²) < 4.78 is 1.95. The lowest BCUT2D eigenvalue weighted by atomic mass is 9.96. The van der Waals surface area contributed by atoms with Crippen molar-refractivity contribution in [1.82, 2.24) is 24.6 Å². The molecule has 4 heterocycles. The summed E-state index contributed by atoms with van der Waals surface area (Å²) in [6.45, 7) is 5.42. The second-order valence-corrected chi connectivity index (χ2v) is 7.98. The molecule has 3 aromatic heterocycles. The maximum atomic E-state index is 13.0. The van der Waals surface area contributed by atoms with E-state index in [2.05, 4.69) is 15.3 Å². The van der Waals surface area contributed by atoms with Gasteiger partial charge in [0.2, 0.25) is 5.91 Å². The smallest absolute Gasteiger partial charge is 0.261 e. The predicted molar refractivity (Wildman–Crippen MR) is 117 cm³/mol. The zero-order valence-corrected chi connectivity index (χ0v) is 17.9. The van der Waals surface area contributed by atoms with Crippen LogP contribution in [0.3, 0.4) is 0 Å². The Hall–Kier alpha value is -3.42. The highest BCUT2D eigenvalue weighted by Gasteiger charge is 2.27. The molecule has 0 atom stereocenters. The van der Waals surface area contributed by atoms with Gasteiger partial charge in [0.15, 0.2) is 0 Å². The molecule has 1 aliphatic rings. The van der Waals surface area contributed by atoms with E-state index in [1.165, 1.54) is 0 Å². The monoisotopic (exact) mass is 421 g/mol. The molecule has 8 heteroatoms. The molecule has 162 valence electrons. The molecule has 4 rings (SSSR count). The number of aromatic nitrogens is 3. The molecule has 0 saturated carbocycles. The van der Waals surface area contributed by atoms with Gasteiger partial charge in [0.05, 0.1) is 12.1 Å². The van der Waals surface area contributed by atoms with Crippen LogP contribution in [-0.2, 0) is 24.2 Å². The molecule has 31 heavy (non-hydrogen) atoms. The van der Waals surface area contributed by atoms with Crippen molar-refractivity contribution in [3.8, 4) is 0 Å². The van der Waals surface area contributed by atoms with E-state index < -0.39 is 0 Å². The van der Waals surface area contributed by atoms with E-state index in [0.29, 0.717) is 26.1 Å². The zero-order valence-electron chi connectivity index (χ0n) is 17.9. The highest BCUT2D eigenvalue weighted by Crippen LogP contribution is 2.21. The van der Waals surface area contributed by atoms with Crippen LogP contribution in [0.2, 0.25) is 0 Å². The Bertz CT molecular complexity index is 1190. The van der Waals surface area contributed by atoms with Gasteiger partial charge in [0.25, 0.3) is 11.5 Å². The molecular weight excluding hydrogens is 394 g/mol. The molecule has 0 unspecified atom stereocenters. The minimum Gasteiger partial charge on any atom is -0.352 e. The number of nitrogens with zero attached hydrogens (tertiary/aromatic N) is 3.